The SMILES string of the molecule is COc1cccc(-c2nc(-c3ccc(CC[C@@H](C)NC(C)=O)cc3)cs2)c1. The molecule has 1 N–H and O–H groups in total. The average Bonchev–Trinajstić information content (AvgIpc) is 3.16. The lowest BCUT2D eigenvalue weighted by molar-refractivity contribution is -0.119. The van der Waals surface area contributed by atoms with Gasteiger partial charge in [-0.1, -0.05) is 36.4 Å². The molecule has 0 fully saturated rings. The molecule has 1 atom stereocenters. The molecule has 3 rings (SSSR count). The Balaban J connectivity index is 1.67. The van der Waals surface area contributed by atoms with Gasteiger partial charge < -0.3 is 10.1 Å². The van der Waals surface area contributed by atoms with Crippen LogP contribution in [-0.2, 0) is 11.2 Å². The molecule has 0 unspecified atom stereocenters. The molecule has 1 aromatic heterocycles. The van der Waals surface area contributed by atoms with Gasteiger partial charge >= 0.3 is 0 Å². The zero-order valence-corrected chi connectivity index (χ0v) is 16.7. The minimum absolute atomic E-state index is 0.0215. The van der Waals surface area contributed by atoms with Crippen LogP contribution in [0.1, 0.15) is 25.8 Å². The van der Waals surface area contributed by atoms with Gasteiger partial charge in [0.2, 0.25) is 5.91 Å². The van der Waals surface area contributed by atoms with Gasteiger partial charge in [-0.3, -0.25) is 4.79 Å². The van der Waals surface area contributed by atoms with Crippen LogP contribution in [0.4, 0.5) is 0 Å². The molecule has 0 saturated heterocycles. The smallest absolute Gasteiger partial charge is 0.217 e. The van der Waals surface area contributed by atoms with Crippen molar-refractivity contribution in [2.75, 3.05) is 7.11 Å². The fourth-order valence-electron chi connectivity index (χ4n) is 2.94. The number of thiazole rings is 1. The molecule has 0 aliphatic rings. The molecular weight excluding hydrogens is 356 g/mol. The van der Waals surface area contributed by atoms with Gasteiger partial charge in [0.25, 0.3) is 0 Å². The molecule has 5 heteroatoms. The molecule has 3 aromatic rings. The highest BCUT2D eigenvalue weighted by atomic mass is 32.1. The second-order valence-corrected chi connectivity index (χ2v) is 7.47. The van der Waals surface area contributed by atoms with Crippen molar-refractivity contribution >= 4 is 17.2 Å². The topological polar surface area (TPSA) is 51.2 Å². The summed E-state index contributed by atoms with van der Waals surface area (Å²) in [7, 11) is 1.67. The van der Waals surface area contributed by atoms with Crippen LogP contribution in [0.2, 0.25) is 0 Å². The molecule has 0 aliphatic heterocycles. The van der Waals surface area contributed by atoms with E-state index < -0.39 is 0 Å². The number of carbonyl (C=O) groups excluding carboxylic acids is 1. The van der Waals surface area contributed by atoms with E-state index in [1.807, 2.05) is 31.2 Å². The number of ether oxygens (including phenoxy) is 1. The first kappa shape index (κ1) is 19.1. The number of nitrogens with one attached hydrogen (secondary N) is 1. The van der Waals surface area contributed by atoms with Gasteiger partial charge in [-0.25, -0.2) is 4.98 Å². The number of aromatic nitrogens is 1. The summed E-state index contributed by atoms with van der Waals surface area (Å²) in [6.07, 6.45) is 1.86. The lowest BCUT2D eigenvalue weighted by atomic mass is 10.0. The molecule has 2 aromatic carbocycles. The Kier molecular flexibility index (Phi) is 6.24. The van der Waals surface area contributed by atoms with Gasteiger partial charge in [0, 0.05) is 29.5 Å². The molecule has 0 aliphatic carbocycles. The zero-order valence-electron chi connectivity index (χ0n) is 15.9. The average molecular weight is 381 g/mol. The third kappa shape index (κ3) is 5.17. The molecule has 0 radical (unpaired) electrons. The Bertz CT molecular complexity index is 903. The minimum atomic E-state index is 0.0215. The molecule has 4 nitrogen and oxygen atoms in total. The van der Waals surface area contributed by atoms with Crippen molar-refractivity contribution in [1.29, 1.82) is 0 Å². The number of amides is 1. The summed E-state index contributed by atoms with van der Waals surface area (Å²) in [5, 5.41) is 5.99. The van der Waals surface area contributed by atoms with E-state index in [0.29, 0.717) is 0 Å². The Labute approximate surface area is 164 Å². The minimum Gasteiger partial charge on any atom is -0.497 e. The fourth-order valence-corrected chi connectivity index (χ4v) is 3.77. The zero-order chi connectivity index (χ0) is 19.2. The Morgan fingerprint density at radius 2 is 1.96 bits per heavy atom. The quantitative estimate of drug-likeness (QED) is 0.631. The molecule has 27 heavy (non-hydrogen) atoms. The number of methoxy groups -OCH3 is 1. The van der Waals surface area contributed by atoms with Gasteiger partial charge in [-0.15, -0.1) is 11.3 Å². The number of hydrogen-bond acceptors (Lipinski definition) is 4. The maximum absolute atomic E-state index is 11.1. The number of carbonyl (C=O) groups is 1. The van der Waals surface area contributed by atoms with Crippen molar-refractivity contribution in [2.45, 2.75) is 32.7 Å². The van der Waals surface area contributed by atoms with E-state index in [0.717, 1.165) is 40.4 Å². The van der Waals surface area contributed by atoms with Crippen molar-refractivity contribution in [3.8, 4) is 27.6 Å². The summed E-state index contributed by atoms with van der Waals surface area (Å²) < 4.78 is 5.30. The highest BCUT2D eigenvalue weighted by Crippen LogP contribution is 2.30. The van der Waals surface area contributed by atoms with E-state index in [-0.39, 0.29) is 11.9 Å². The van der Waals surface area contributed by atoms with Gasteiger partial charge in [-0.2, -0.15) is 0 Å². The second kappa shape index (κ2) is 8.82. The summed E-state index contributed by atoms with van der Waals surface area (Å²) in [4.78, 5) is 15.9. The third-order valence-electron chi connectivity index (χ3n) is 4.39. The van der Waals surface area contributed by atoms with E-state index in [2.05, 4.69) is 35.0 Å². The van der Waals surface area contributed by atoms with Crippen molar-refractivity contribution in [1.82, 2.24) is 10.3 Å². The summed E-state index contributed by atoms with van der Waals surface area (Å²) in [5.41, 5.74) is 4.42. The monoisotopic (exact) mass is 380 g/mol. The van der Waals surface area contributed by atoms with Crippen molar-refractivity contribution in [3.05, 3.63) is 59.5 Å². The molecular formula is C22H24N2O2S. The van der Waals surface area contributed by atoms with Gasteiger partial charge in [0.05, 0.1) is 12.8 Å². The molecule has 140 valence electrons. The van der Waals surface area contributed by atoms with Crippen molar-refractivity contribution in [3.63, 3.8) is 0 Å². The molecule has 0 spiro atoms. The fraction of sp³-hybridized carbons (Fsp3) is 0.273. The second-order valence-electron chi connectivity index (χ2n) is 6.61. The van der Waals surface area contributed by atoms with Crippen LogP contribution in [0, 0.1) is 0 Å². The molecule has 0 saturated carbocycles. The van der Waals surface area contributed by atoms with Crippen LogP contribution < -0.4 is 10.1 Å². The standard InChI is InChI=1S/C22H24N2O2S/c1-15(23-16(2)25)7-8-17-9-11-18(12-10-17)21-14-27-22(24-21)19-5-4-6-20(13-19)26-3/h4-6,9-15H,7-8H2,1-3H3,(H,23,25)/t15-/m1/s1. The van der Waals surface area contributed by atoms with Crippen LogP contribution in [0.25, 0.3) is 21.8 Å². The molecule has 1 amide bonds. The lowest BCUT2D eigenvalue weighted by Gasteiger charge is -2.12. The van der Waals surface area contributed by atoms with Crippen LogP contribution >= 0.6 is 11.3 Å². The molecule has 0 bridgehead atoms. The van der Waals surface area contributed by atoms with E-state index in [1.165, 1.54) is 5.56 Å². The normalized spacial score (nSPS) is 11.8. The third-order valence-corrected chi connectivity index (χ3v) is 5.28. The van der Waals surface area contributed by atoms with Gasteiger partial charge in [0.1, 0.15) is 10.8 Å². The highest BCUT2D eigenvalue weighted by Gasteiger charge is 2.08. The van der Waals surface area contributed by atoms with E-state index >= 15 is 0 Å². The Morgan fingerprint density at radius 1 is 1.19 bits per heavy atom. The van der Waals surface area contributed by atoms with Crippen LogP contribution in [-0.4, -0.2) is 24.0 Å². The first-order valence-corrected chi connectivity index (χ1v) is 9.89. The van der Waals surface area contributed by atoms with Crippen LogP contribution in [0.5, 0.6) is 5.75 Å². The maximum Gasteiger partial charge on any atom is 0.217 e. The Hall–Kier alpha value is -2.66. The van der Waals surface area contributed by atoms with Crippen molar-refractivity contribution in [2.24, 2.45) is 0 Å². The number of hydrogen-bond donors (Lipinski definition) is 1. The maximum atomic E-state index is 11.1. The number of aryl methyl sites for hydroxylation is 1. The van der Waals surface area contributed by atoms with Gasteiger partial charge in [-0.05, 0) is 37.5 Å². The molecule has 1 heterocycles. The van der Waals surface area contributed by atoms with E-state index in [9.17, 15) is 4.79 Å². The van der Waals surface area contributed by atoms with E-state index in [1.54, 1.807) is 25.4 Å². The number of rotatable bonds is 7. The highest BCUT2D eigenvalue weighted by molar-refractivity contribution is 7.13. The predicted octanol–water partition coefficient (Wildman–Crippen LogP) is 4.94. The first-order chi connectivity index (χ1) is 13.0. The van der Waals surface area contributed by atoms with Crippen LogP contribution in [0.3, 0.4) is 0 Å². The number of nitrogens with zero attached hydrogens (tertiary/aromatic N) is 1. The summed E-state index contributed by atoms with van der Waals surface area (Å²) >= 11 is 1.63. The Morgan fingerprint density at radius 3 is 2.67 bits per heavy atom. The number of benzene rings is 2. The lowest BCUT2D eigenvalue weighted by Crippen LogP contribution is -2.30. The summed E-state index contributed by atoms with van der Waals surface area (Å²) in [5.74, 6) is 0.857. The summed E-state index contributed by atoms with van der Waals surface area (Å²) in [6.45, 7) is 3.59. The van der Waals surface area contributed by atoms with E-state index in [4.69, 9.17) is 9.72 Å². The van der Waals surface area contributed by atoms with Gasteiger partial charge in [0.15, 0.2) is 0 Å². The van der Waals surface area contributed by atoms with Crippen LogP contribution in [0.15, 0.2) is 53.9 Å². The first-order valence-electron chi connectivity index (χ1n) is 9.01. The largest absolute Gasteiger partial charge is 0.497 e. The van der Waals surface area contributed by atoms with Crippen molar-refractivity contribution < 1.29 is 9.53 Å². The predicted molar refractivity (Wildman–Crippen MR) is 111 cm³/mol. The summed E-state index contributed by atoms with van der Waals surface area (Å²) in [6, 6.07) is 16.7.